The van der Waals surface area contributed by atoms with Crippen LogP contribution in [0.5, 0.6) is 11.5 Å². The van der Waals surface area contributed by atoms with E-state index in [2.05, 4.69) is 40.0 Å². The number of urea groups is 1. The number of halogens is 5. The first kappa shape index (κ1) is 32.2. The summed E-state index contributed by atoms with van der Waals surface area (Å²) in [7, 11) is -4.90. The van der Waals surface area contributed by atoms with Crippen LogP contribution in [-0.2, 0) is 27.7 Å². The number of hydrogen-bond donors (Lipinski definition) is 3. The molecule has 0 fully saturated rings. The van der Waals surface area contributed by atoms with Crippen molar-refractivity contribution in [3.8, 4) is 11.5 Å². The van der Waals surface area contributed by atoms with Gasteiger partial charge in [0.1, 0.15) is 18.1 Å². The molecule has 0 aliphatic carbocycles. The molecule has 10 nitrogen and oxygen atoms in total. The molecule has 3 N–H and O–H groups in total. The first-order chi connectivity index (χ1) is 18.9. The summed E-state index contributed by atoms with van der Waals surface area (Å²) in [5.41, 5.74) is -1.59. The number of hydrogen-bond acceptors (Lipinski definition) is 6. The molecule has 0 saturated carbocycles. The lowest BCUT2D eigenvalue weighted by molar-refractivity contribution is -0.136. The molecule has 0 radical (unpaired) electrons. The Morgan fingerprint density at radius 2 is 1.78 bits per heavy atom. The number of amides is 2. The molecule has 2 heterocycles. The summed E-state index contributed by atoms with van der Waals surface area (Å²) in [5.74, 6) is -4.08. The van der Waals surface area contributed by atoms with E-state index in [9.17, 15) is 35.2 Å². The number of carbonyl (C=O) groups is 1. The van der Waals surface area contributed by atoms with E-state index >= 15 is 0 Å². The van der Waals surface area contributed by atoms with Gasteiger partial charge in [-0.15, -0.1) is 14.1 Å². The summed E-state index contributed by atoms with van der Waals surface area (Å²) in [5, 5.41) is 3.96. The van der Waals surface area contributed by atoms with Crippen molar-refractivity contribution < 1.29 is 44.6 Å². The number of alkyl halides is 3. The van der Waals surface area contributed by atoms with Crippen molar-refractivity contribution in [2.75, 3.05) is 31.3 Å². The summed E-state index contributed by atoms with van der Waals surface area (Å²) in [6.45, 7) is 6.29. The van der Waals surface area contributed by atoms with Gasteiger partial charge in [-0.3, -0.25) is 0 Å². The van der Waals surface area contributed by atoms with E-state index in [0.29, 0.717) is 18.7 Å². The number of fused-ring (bicyclic) bond motifs is 1. The van der Waals surface area contributed by atoms with Crippen LogP contribution in [0.3, 0.4) is 0 Å². The average Bonchev–Trinajstić information content (AvgIpc) is 3.21. The van der Waals surface area contributed by atoms with E-state index < -0.39 is 64.4 Å². The van der Waals surface area contributed by atoms with Crippen molar-refractivity contribution in [1.29, 1.82) is 0 Å². The van der Waals surface area contributed by atoms with Crippen LogP contribution < -0.4 is 20.1 Å². The minimum atomic E-state index is -4.84. The molecule has 0 atom stereocenters. The zero-order valence-corrected chi connectivity index (χ0v) is 24.5. The monoisotopic (exact) mass is 623 g/mol. The second-order valence-electron chi connectivity index (χ2n) is 10.3. The van der Waals surface area contributed by atoms with Crippen LogP contribution in [0.1, 0.15) is 5.56 Å². The molecule has 227 valence electrons. The zero-order chi connectivity index (χ0) is 30.6. The molecular weight excluding hydrogens is 593 g/mol. The Bertz CT molecular complexity index is 1490. The van der Waals surface area contributed by atoms with Gasteiger partial charge in [-0.2, -0.15) is 32.8 Å². The Labute approximate surface area is 234 Å². The summed E-state index contributed by atoms with van der Waals surface area (Å²) in [4.78, 5) is 16.0. The number of nitrogens with one attached hydrogen (secondary N) is 3. The van der Waals surface area contributed by atoms with Crippen LogP contribution in [-0.4, -0.2) is 58.0 Å². The van der Waals surface area contributed by atoms with Gasteiger partial charge in [0, 0.05) is 49.9 Å². The zero-order valence-electron chi connectivity index (χ0n) is 22.7. The van der Waals surface area contributed by atoms with E-state index in [4.69, 9.17) is 9.47 Å². The van der Waals surface area contributed by atoms with E-state index in [1.165, 1.54) is 0 Å². The lowest BCUT2D eigenvalue weighted by Gasteiger charge is -2.26. The molecule has 2 amide bonds. The lowest BCUT2D eigenvalue weighted by Crippen LogP contribution is -2.36. The van der Waals surface area contributed by atoms with Gasteiger partial charge >= 0.3 is 12.2 Å². The number of ether oxygens (including phenoxy) is 2. The fraction of sp³-hybridized carbons (Fsp3) is 0.417. The molecule has 0 aliphatic rings. The summed E-state index contributed by atoms with van der Waals surface area (Å²) in [6.07, 6.45) is -1.95. The molecule has 0 unspecified atom stereocenters. The highest BCUT2D eigenvalue weighted by Crippen LogP contribution is 2.42. The van der Waals surface area contributed by atoms with Gasteiger partial charge in [-0.25, -0.2) is 31.7 Å². The second-order valence-corrected chi connectivity index (χ2v) is 17.7. The predicted octanol–water partition coefficient (Wildman–Crippen LogP) is 5.11. The molecule has 0 aliphatic heterocycles. The highest BCUT2D eigenvalue weighted by Gasteiger charge is 2.37. The Kier molecular flexibility index (Phi) is 9.99. The molecule has 0 spiro atoms. The predicted molar refractivity (Wildman–Crippen MR) is 145 cm³/mol. The van der Waals surface area contributed by atoms with Crippen LogP contribution in [0.15, 0.2) is 30.6 Å². The van der Waals surface area contributed by atoms with Crippen molar-refractivity contribution in [2.45, 2.75) is 38.6 Å². The van der Waals surface area contributed by atoms with E-state index in [1.807, 2.05) is 0 Å². The van der Waals surface area contributed by atoms with Gasteiger partial charge in [0.05, 0.1) is 17.2 Å². The van der Waals surface area contributed by atoms with Gasteiger partial charge in [0.15, 0.2) is 17.4 Å². The molecule has 0 bridgehead atoms. The van der Waals surface area contributed by atoms with Crippen molar-refractivity contribution in [1.82, 2.24) is 19.6 Å². The standard InChI is InChI=1S/C24H30F5N5O5SSi/c1-40(36,37)32-8-7-31-23(35)33-15-11-17(25)21(18(26)12-15)39-19-5-6-30-22-20(19)16(24(27,28)29)13-34(22)14-38-9-10-41(2,3)4/h5-6,11-13,32H,7-10,14H2,1-4H3,(H2,31,33,35)/q-1. The van der Waals surface area contributed by atoms with E-state index in [0.717, 1.165) is 35.3 Å². The maximum absolute atomic E-state index is 14.9. The van der Waals surface area contributed by atoms with Crippen LogP contribution in [0.2, 0.25) is 25.7 Å². The fourth-order valence-corrected chi connectivity index (χ4v) is 4.78. The van der Waals surface area contributed by atoms with Gasteiger partial charge in [-0.1, -0.05) is 0 Å². The Hall–Kier alpha value is -3.28. The number of rotatable bonds is 12. The first-order valence-electron chi connectivity index (χ1n) is 12.2. The third kappa shape index (κ3) is 9.37. The number of aromatic nitrogens is 2. The number of nitrogens with zero attached hydrogens (tertiary/aromatic N) is 2. The van der Waals surface area contributed by atoms with Gasteiger partial charge in [-0.05, 0) is 6.07 Å². The van der Waals surface area contributed by atoms with Crippen LogP contribution in [0.4, 0.5) is 32.4 Å². The summed E-state index contributed by atoms with van der Waals surface area (Å²) < 4.78 is 108. The van der Waals surface area contributed by atoms with Crippen molar-refractivity contribution >= 4 is 40.8 Å². The molecule has 3 rings (SSSR count). The van der Waals surface area contributed by atoms with Gasteiger partial charge in [0.2, 0.25) is 10.0 Å². The SMILES string of the molecule is C[Si-](C)(C)CCOCn1cc(C(F)(F)F)c2c(Oc3c(F)cc(NC(=O)NCCNS(C)(=O)=O)cc3F)ccnc21. The van der Waals surface area contributed by atoms with Gasteiger partial charge < -0.3 is 24.7 Å². The summed E-state index contributed by atoms with van der Waals surface area (Å²) in [6, 6.07) is 2.40. The minimum absolute atomic E-state index is 0.117. The Morgan fingerprint density at radius 1 is 1.12 bits per heavy atom. The van der Waals surface area contributed by atoms with Crippen molar-refractivity contribution in [2.24, 2.45) is 0 Å². The summed E-state index contributed by atoms with van der Waals surface area (Å²) >= 11 is 0. The van der Waals surface area contributed by atoms with E-state index in [-0.39, 0.29) is 31.2 Å². The van der Waals surface area contributed by atoms with Crippen molar-refractivity contribution in [3.05, 3.63) is 47.8 Å². The third-order valence-corrected chi connectivity index (χ3v) is 7.93. The molecule has 0 saturated heterocycles. The first-order valence-corrected chi connectivity index (χ1v) is 17.8. The molecule has 2 aromatic heterocycles. The quantitative estimate of drug-likeness (QED) is 0.146. The number of benzene rings is 1. The molecule has 1 aromatic carbocycles. The van der Waals surface area contributed by atoms with Gasteiger partial charge in [0.25, 0.3) is 0 Å². The molecular formula is C24H30F5N5O5SSi-. The highest BCUT2D eigenvalue weighted by molar-refractivity contribution is 7.88. The van der Waals surface area contributed by atoms with Crippen molar-refractivity contribution in [3.63, 3.8) is 0 Å². The van der Waals surface area contributed by atoms with E-state index in [1.54, 1.807) is 0 Å². The maximum atomic E-state index is 14.9. The molecule has 17 heteroatoms. The number of pyridine rings is 1. The third-order valence-electron chi connectivity index (χ3n) is 5.49. The average molecular weight is 624 g/mol. The smallest absolute Gasteiger partial charge is 0.418 e. The molecule has 41 heavy (non-hydrogen) atoms. The fourth-order valence-electron chi connectivity index (χ4n) is 3.55. The number of anilines is 1. The minimum Gasteiger partial charge on any atom is -0.450 e. The van der Waals surface area contributed by atoms with Crippen LogP contribution >= 0.6 is 0 Å². The second kappa shape index (κ2) is 12.7. The number of carbonyl (C=O) groups excluding carboxylic acids is 1. The Balaban J connectivity index is 1.82. The molecule has 3 aromatic rings. The highest BCUT2D eigenvalue weighted by atomic mass is 32.2. The number of sulfonamides is 1. The maximum Gasteiger partial charge on any atom is 0.418 e. The van der Waals surface area contributed by atoms with Crippen LogP contribution in [0, 0.1) is 11.6 Å². The topological polar surface area (TPSA) is 124 Å². The van der Waals surface area contributed by atoms with Crippen LogP contribution in [0.25, 0.3) is 11.0 Å². The Morgan fingerprint density at radius 3 is 2.37 bits per heavy atom. The largest absolute Gasteiger partial charge is 0.450 e. The normalized spacial score (nSPS) is 12.5. The lowest BCUT2D eigenvalue weighted by atomic mass is 10.2.